The van der Waals surface area contributed by atoms with Crippen LogP contribution in [0, 0.1) is 11.8 Å². The van der Waals surface area contributed by atoms with E-state index in [-0.39, 0.29) is 12.9 Å². The van der Waals surface area contributed by atoms with Crippen molar-refractivity contribution in [3.63, 3.8) is 0 Å². The van der Waals surface area contributed by atoms with E-state index in [4.69, 9.17) is 25.0 Å². The minimum absolute atomic E-state index is 0.0381. The lowest BCUT2D eigenvalue weighted by Crippen LogP contribution is -2.57. The summed E-state index contributed by atoms with van der Waals surface area (Å²) in [7, 11) is 4.30. The van der Waals surface area contributed by atoms with E-state index in [9.17, 15) is 4.79 Å². The maximum atomic E-state index is 12.5. The van der Waals surface area contributed by atoms with E-state index in [1.54, 1.807) is 6.07 Å². The first-order chi connectivity index (χ1) is 19.0. The predicted molar refractivity (Wildman–Crippen MR) is 145 cm³/mol. The minimum atomic E-state index is -0.471. The molecule has 1 saturated heterocycles. The van der Waals surface area contributed by atoms with E-state index in [1.807, 2.05) is 10.7 Å². The van der Waals surface area contributed by atoms with Crippen molar-refractivity contribution < 1.29 is 19.0 Å². The molecule has 8 rings (SSSR count). The van der Waals surface area contributed by atoms with Crippen molar-refractivity contribution in [2.75, 3.05) is 51.6 Å². The molecule has 2 aliphatic heterocycles. The van der Waals surface area contributed by atoms with Gasteiger partial charge in [0.2, 0.25) is 6.79 Å². The van der Waals surface area contributed by atoms with Crippen LogP contribution in [-0.4, -0.2) is 88.3 Å². The smallest absolute Gasteiger partial charge is 0.412 e. The molecule has 39 heavy (non-hydrogen) atoms. The van der Waals surface area contributed by atoms with E-state index in [0.717, 1.165) is 32.5 Å². The Morgan fingerprint density at radius 2 is 1.90 bits per heavy atom. The minimum Gasteiger partial charge on any atom is -0.453 e. The van der Waals surface area contributed by atoms with Gasteiger partial charge in [0.05, 0.1) is 17.6 Å². The van der Waals surface area contributed by atoms with Gasteiger partial charge in [0.25, 0.3) is 0 Å². The van der Waals surface area contributed by atoms with Crippen LogP contribution in [0.5, 0.6) is 11.5 Å². The summed E-state index contributed by atoms with van der Waals surface area (Å²) in [5, 5.41) is 8.44. The number of hydrogen-bond donors (Lipinski definition) is 2. The molecule has 5 aliphatic rings. The normalized spacial score (nSPS) is 24.0. The van der Waals surface area contributed by atoms with Crippen LogP contribution in [-0.2, 0) is 11.3 Å². The molecule has 3 N–H and O–H groups in total. The Kier molecular flexibility index (Phi) is 5.96. The molecule has 1 amide bonds. The van der Waals surface area contributed by atoms with Gasteiger partial charge < -0.3 is 29.7 Å². The molecule has 2 aromatic heterocycles. The number of hydrogen-bond acceptors (Lipinski definition) is 10. The molecule has 12 nitrogen and oxygen atoms in total. The second-order valence-electron chi connectivity index (χ2n) is 11.3. The molecular weight excluding hydrogens is 500 g/mol. The summed E-state index contributed by atoms with van der Waals surface area (Å²) in [4.78, 5) is 26.1. The average molecular weight is 535 g/mol. The van der Waals surface area contributed by atoms with Gasteiger partial charge in [-0.1, -0.05) is 0 Å². The monoisotopic (exact) mass is 534 g/mol. The highest BCUT2D eigenvalue weighted by Gasteiger charge is 2.55. The predicted octanol–water partition coefficient (Wildman–Crippen LogP) is 2.79. The van der Waals surface area contributed by atoms with Gasteiger partial charge in [-0.2, -0.15) is 5.10 Å². The number of benzene rings is 1. The lowest BCUT2D eigenvalue weighted by Gasteiger charge is -2.56. The van der Waals surface area contributed by atoms with Gasteiger partial charge in [-0.05, 0) is 76.8 Å². The Hall–Kier alpha value is -3.64. The number of carbonyl (C=O) groups excluding carboxylic acids is 1. The lowest BCUT2D eigenvalue weighted by molar-refractivity contribution is -0.149. The van der Waals surface area contributed by atoms with Crippen LogP contribution in [0.2, 0.25) is 0 Å². The third-order valence-electron chi connectivity index (χ3n) is 8.87. The fourth-order valence-electron chi connectivity index (χ4n) is 6.25. The van der Waals surface area contributed by atoms with Crippen LogP contribution in [0.1, 0.15) is 25.7 Å². The molecule has 0 spiro atoms. The fourth-order valence-corrected chi connectivity index (χ4v) is 6.25. The molecule has 206 valence electrons. The van der Waals surface area contributed by atoms with Crippen molar-refractivity contribution in [3.8, 4) is 22.8 Å². The molecule has 3 aliphatic carbocycles. The van der Waals surface area contributed by atoms with E-state index in [0.29, 0.717) is 69.7 Å². The molecular formula is C27H34N8O4. The summed E-state index contributed by atoms with van der Waals surface area (Å²) in [6, 6.07) is 4.28. The number of nitrogen functional groups attached to an aromatic ring is 1. The molecule has 1 aromatic carbocycles. The van der Waals surface area contributed by atoms with Crippen LogP contribution < -0.4 is 20.5 Å². The number of piperidine rings is 1. The number of likely N-dealkylation sites (tertiary alicyclic amines) is 1. The first kappa shape index (κ1) is 24.4. The van der Waals surface area contributed by atoms with E-state index < -0.39 is 6.09 Å². The zero-order chi connectivity index (χ0) is 26.7. The average Bonchev–Trinajstić information content (AvgIpc) is 3.52. The zero-order valence-corrected chi connectivity index (χ0v) is 22.3. The lowest BCUT2D eigenvalue weighted by atomic mass is 9.53. The molecule has 0 atom stereocenters. The Morgan fingerprint density at radius 1 is 1.13 bits per heavy atom. The first-order valence-corrected chi connectivity index (χ1v) is 13.7. The van der Waals surface area contributed by atoms with Crippen molar-refractivity contribution in [3.05, 3.63) is 18.5 Å². The number of anilines is 2. The van der Waals surface area contributed by atoms with E-state index in [1.165, 1.54) is 19.2 Å². The van der Waals surface area contributed by atoms with Crippen molar-refractivity contribution >= 4 is 28.6 Å². The van der Waals surface area contributed by atoms with Crippen LogP contribution >= 0.6 is 0 Å². The highest BCUT2D eigenvalue weighted by molar-refractivity contribution is 6.01. The quantitative estimate of drug-likeness (QED) is 0.466. The molecule has 3 aromatic rings. The summed E-state index contributed by atoms with van der Waals surface area (Å²) in [5.41, 5.74) is 8.86. The van der Waals surface area contributed by atoms with Crippen LogP contribution in [0.4, 0.5) is 16.3 Å². The molecule has 4 fully saturated rings. The van der Waals surface area contributed by atoms with Crippen LogP contribution in [0.15, 0.2) is 18.5 Å². The highest BCUT2D eigenvalue weighted by atomic mass is 16.7. The largest absolute Gasteiger partial charge is 0.453 e. The number of carbonyl (C=O) groups is 1. The van der Waals surface area contributed by atoms with Crippen molar-refractivity contribution in [1.82, 2.24) is 29.5 Å². The van der Waals surface area contributed by atoms with Gasteiger partial charge in [-0.15, -0.1) is 0 Å². The number of amides is 1. The third-order valence-corrected chi connectivity index (χ3v) is 8.87. The number of nitrogens with zero attached hydrogens (tertiary/aromatic N) is 6. The SMILES string of the molecule is CN(C)C1CCN(CCn2nc(-c3ccc(NC(=O)OC4C5CC4C5)c4c3OCO4)c3c(N)ncnc32)CC1. The number of rotatable bonds is 7. The number of aromatic nitrogens is 4. The summed E-state index contributed by atoms with van der Waals surface area (Å²) in [6.07, 6.45) is 5.70. The zero-order valence-electron chi connectivity index (χ0n) is 22.3. The van der Waals surface area contributed by atoms with Gasteiger partial charge in [0, 0.05) is 18.2 Å². The summed E-state index contributed by atoms with van der Waals surface area (Å²) in [6.45, 7) is 3.70. The maximum absolute atomic E-state index is 12.5. The van der Waals surface area contributed by atoms with Crippen molar-refractivity contribution in [1.29, 1.82) is 0 Å². The maximum Gasteiger partial charge on any atom is 0.412 e. The van der Waals surface area contributed by atoms with Gasteiger partial charge in [0.1, 0.15) is 23.9 Å². The fraction of sp³-hybridized carbons (Fsp3) is 0.556. The second-order valence-corrected chi connectivity index (χ2v) is 11.3. The molecule has 4 heterocycles. The molecule has 0 radical (unpaired) electrons. The highest BCUT2D eigenvalue weighted by Crippen LogP contribution is 2.55. The number of fused-ring (bicyclic) bond motifs is 2. The first-order valence-electron chi connectivity index (χ1n) is 13.7. The second kappa shape index (κ2) is 9.53. The van der Waals surface area contributed by atoms with Gasteiger partial charge in [-0.3, -0.25) is 5.32 Å². The molecule has 2 bridgehead atoms. The van der Waals surface area contributed by atoms with Crippen molar-refractivity contribution in [2.45, 2.75) is 44.4 Å². The Balaban J connectivity index is 1.14. The summed E-state index contributed by atoms with van der Waals surface area (Å²) >= 11 is 0. The molecule has 12 heteroatoms. The molecule has 0 unspecified atom stereocenters. The Bertz CT molecular complexity index is 1400. The van der Waals surface area contributed by atoms with Crippen molar-refractivity contribution in [2.24, 2.45) is 11.8 Å². The van der Waals surface area contributed by atoms with Gasteiger partial charge >= 0.3 is 6.09 Å². The topological polar surface area (TPSA) is 133 Å². The number of ether oxygens (including phenoxy) is 3. The van der Waals surface area contributed by atoms with Crippen LogP contribution in [0.25, 0.3) is 22.3 Å². The van der Waals surface area contributed by atoms with Crippen LogP contribution in [0.3, 0.4) is 0 Å². The van der Waals surface area contributed by atoms with Gasteiger partial charge in [0.15, 0.2) is 17.1 Å². The Morgan fingerprint density at radius 3 is 2.62 bits per heavy atom. The van der Waals surface area contributed by atoms with E-state index in [2.05, 4.69) is 39.2 Å². The summed E-state index contributed by atoms with van der Waals surface area (Å²) in [5.74, 6) is 2.35. The third kappa shape index (κ3) is 4.22. The molecule has 3 saturated carbocycles. The number of nitrogens with two attached hydrogens (primary N) is 1. The number of nitrogens with one attached hydrogen (secondary N) is 1. The van der Waals surface area contributed by atoms with E-state index >= 15 is 0 Å². The standard InChI is InChI=1S/C27H34N8O4/c1-33(2)17-5-7-34(8-6-17)9-10-35-26-20(25(28)29-13-30-26)21(32-35)18-3-4-19(24-23(18)37-14-38-24)31-27(36)39-22-15-11-16(22)12-15/h3-4,13,15-17,22H,5-12,14H2,1-2H3,(H,31,36)(H2,28,29,30). The van der Waals surface area contributed by atoms with Gasteiger partial charge in [-0.25, -0.2) is 19.4 Å². The Labute approximate surface area is 226 Å². The summed E-state index contributed by atoms with van der Waals surface area (Å²) < 4.78 is 19.1.